The first-order valence-corrected chi connectivity index (χ1v) is 5.86. The van der Waals surface area contributed by atoms with Gasteiger partial charge in [-0.1, -0.05) is 0 Å². The molecule has 90 valence electrons. The van der Waals surface area contributed by atoms with Crippen LogP contribution in [-0.2, 0) is 10.2 Å². The maximum atomic E-state index is 9.46. The van der Waals surface area contributed by atoms with Gasteiger partial charge in [0.25, 0.3) is 0 Å². The van der Waals surface area contributed by atoms with Gasteiger partial charge in [-0.2, -0.15) is 5.26 Å². The minimum Gasteiger partial charge on any atom is -0.397 e. The van der Waals surface area contributed by atoms with Crippen molar-refractivity contribution in [2.75, 3.05) is 12.8 Å². The number of hydrogen-bond acceptors (Lipinski definition) is 4. The van der Waals surface area contributed by atoms with Crippen LogP contribution in [0.3, 0.4) is 0 Å². The minimum absolute atomic E-state index is 0.283. The summed E-state index contributed by atoms with van der Waals surface area (Å²) in [4.78, 5) is 4.31. The molecular weight excluding hydrogens is 214 g/mol. The van der Waals surface area contributed by atoms with Gasteiger partial charge in [0.15, 0.2) is 0 Å². The van der Waals surface area contributed by atoms with Gasteiger partial charge in [0.1, 0.15) is 0 Å². The molecule has 17 heavy (non-hydrogen) atoms. The molecule has 1 fully saturated rings. The van der Waals surface area contributed by atoms with Crippen LogP contribution in [0.5, 0.6) is 0 Å². The molecule has 1 aliphatic rings. The number of anilines is 1. The standard InChI is InChI=1S/C13H17N3O/c1-17-11-4-6-13(9-14,7-5-11)12-3-2-10(15)8-16-12/h2-3,8,11H,4-7,15H2,1H3/t11-,13-. The SMILES string of the molecule is CO[C@H]1CC[C@](C#N)(c2ccc(N)cn2)CC1. The molecule has 4 heteroatoms. The fourth-order valence-electron chi connectivity index (χ4n) is 2.43. The van der Waals surface area contributed by atoms with E-state index in [1.54, 1.807) is 13.3 Å². The molecule has 0 unspecified atom stereocenters. The molecule has 2 rings (SSSR count). The van der Waals surface area contributed by atoms with E-state index in [1.165, 1.54) is 0 Å². The van der Waals surface area contributed by atoms with Gasteiger partial charge in [-0.3, -0.25) is 4.98 Å². The van der Waals surface area contributed by atoms with Crippen LogP contribution in [-0.4, -0.2) is 18.2 Å². The number of nitrogen functional groups attached to an aromatic ring is 1. The zero-order valence-corrected chi connectivity index (χ0v) is 10.0. The summed E-state index contributed by atoms with van der Waals surface area (Å²) in [7, 11) is 1.73. The molecule has 4 nitrogen and oxygen atoms in total. The van der Waals surface area contributed by atoms with Crippen molar-refractivity contribution in [2.24, 2.45) is 0 Å². The van der Waals surface area contributed by atoms with Crippen LogP contribution in [0.4, 0.5) is 5.69 Å². The van der Waals surface area contributed by atoms with E-state index < -0.39 is 5.41 Å². The monoisotopic (exact) mass is 231 g/mol. The molecule has 1 aliphatic carbocycles. The highest BCUT2D eigenvalue weighted by atomic mass is 16.5. The van der Waals surface area contributed by atoms with Crippen LogP contribution in [0.25, 0.3) is 0 Å². The number of rotatable bonds is 2. The molecule has 1 aromatic heterocycles. The number of pyridine rings is 1. The molecule has 1 heterocycles. The molecule has 0 amide bonds. The third-order valence-electron chi connectivity index (χ3n) is 3.61. The predicted octanol–water partition coefficient (Wildman–Crippen LogP) is 2.01. The Bertz CT molecular complexity index is 413. The Kier molecular flexibility index (Phi) is 3.30. The van der Waals surface area contributed by atoms with Gasteiger partial charge in [-0.25, -0.2) is 0 Å². The molecule has 0 atom stereocenters. The number of methoxy groups -OCH3 is 1. The van der Waals surface area contributed by atoms with Gasteiger partial charge in [-0.05, 0) is 37.8 Å². The summed E-state index contributed by atoms with van der Waals surface area (Å²) in [6.45, 7) is 0. The minimum atomic E-state index is -0.456. The zero-order chi connectivity index (χ0) is 12.3. The van der Waals surface area contributed by atoms with Crippen molar-refractivity contribution in [3.8, 4) is 6.07 Å². The molecule has 1 aromatic rings. The number of nitrogens with two attached hydrogens (primary N) is 1. The average molecular weight is 231 g/mol. The first-order chi connectivity index (χ1) is 8.20. The Morgan fingerprint density at radius 2 is 2.18 bits per heavy atom. The molecule has 0 spiro atoms. The van der Waals surface area contributed by atoms with Crippen molar-refractivity contribution < 1.29 is 4.74 Å². The Labute approximate surface area is 101 Å². The van der Waals surface area contributed by atoms with Crippen molar-refractivity contribution in [3.05, 3.63) is 24.0 Å². The second kappa shape index (κ2) is 4.72. The fourth-order valence-corrected chi connectivity index (χ4v) is 2.43. The van der Waals surface area contributed by atoms with E-state index >= 15 is 0 Å². The van der Waals surface area contributed by atoms with Gasteiger partial charge in [0.05, 0.1) is 35.2 Å². The van der Waals surface area contributed by atoms with E-state index in [-0.39, 0.29) is 6.10 Å². The zero-order valence-electron chi connectivity index (χ0n) is 10.0. The number of aromatic nitrogens is 1. The first kappa shape index (κ1) is 11.9. The van der Waals surface area contributed by atoms with Gasteiger partial charge in [0.2, 0.25) is 0 Å². The van der Waals surface area contributed by atoms with Gasteiger partial charge in [0, 0.05) is 7.11 Å². The largest absolute Gasteiger partial charge is 0.397 e. The van der Waals surface area contributed by atoms with Gasteiger partial charge in [-0.15, -0.1) is 0 Å². The summed E-state index contributed by atoms with van der Waals surface area (Å²) in [5.74, 6) is 0. The highest BCUT2D eigenvalue weighted by Gasteiger charge is 2.38. The molecule has 1 saturated carbocycles. The highest BCUT2D eigenvalue weighted by Crippen LogP contribution is 2.38. The molecular formula is C13H17N3O. The van der Waals surface area contributed by atoms with Crippen molar-refractivity contribution in [3.63, 3.8) is 0 Å². The van der Waals surface area contributed by atoms with E-state index in [0.717, 1.165) is 31.4 Å². The van der Waals surface area contributed by atoms with Crippen molar-refractivity contribution >= 4 is 5.69 Å². The molecule has 0 saturated heterocycles. The van der Waals surface area contributed by atoms with E-state index in [4.69, 9.17) is 10.5 Å². The Morgan fingerprint density at radius 3 is 2.65 bits per heavy atom. The third-order valence-corrected chi connectivity index (χ3v) is 3.61. The molecule has 0 bridgehead atoms. The van der Waals surface area contributed by atoms with Crippen LogP contribution in [0, 0.1) is 11.3 Å². The highest BCUT2D eigenvalue weighted by molar-refractivity contribution is 5.38. The van der Waals surface area contributed by atoms with E-state index in [2.05, 4.69) is 11.1 Å². The maximum absolute atomic E-state index is 9.46. The third kappa shape index (κ3) is 2.25. The second-order valence-corrected chi connectivity index (χ2v) is 4.61. The Morgan fingerprint density at radius 1 is 1.47 bits per heavy atom. The van der Waals surface area contributed by atoms with Crippen molar-refractivity contribution in [1.82, 2.24) is 4.98 Å². The first-order valence-electron chi connectivity index (χ1n) is 5.86. The average Bonchev–Trinajstić information content (AvgIpc) is 2.40. The molecule has 0 radical (unpaired) electrons. The van der Waals surface area contributed by atoms with Gasteiger partial charge >= 0.3 is 0 Å². The lowest BCUT2D eigenvalue weighted by Gasteiger charge is -2.33. The van der Waals surface area contributed by atoms with Crippen molar-refractivity contribution in [2.45, 2.75) is 37.2 Å². The second-order valence-electron chi connectivity index (χ2n) is 4.61. The number of nitriles is 1. The van der Waals surface area contributed by atoms with E-state index in [9.17, 15) is 5.26 Å². The predicted molar refractivity (Wildman–Crippen MR) is 65.2 cm³/mol. The smallest absolute Gasteiger partial charge is 0.0995 e. The number of nitrogens with zero attached hydrogens (tertiary/aromatic N) is 2. The normalized spacial score (nSPS) is 28.6. The van der Waals surface area contributed by atoms with E-state index in [1.807, 2.05) is 12.1 Å². The quantitative estimate of drug-likeness (QED) is 0.845. The summed E-state index contributed by atoms with van der Waals surface area (Å²) in [6, 6.07) is 6.12. The topological polar surface area (TPSA) is 71.9 Å². The van der Waals surface area contributed by atoms with E-state index in [0.29, 0.717) is 5.69 Å². The summed E-state index contributed by atoms with van der Waals surface area (Å²) in [6.07, 6.45) is 5.34. The van der Waals surface area contributed by atoms with Gasteiger partial charge < -0.3 is 10.5 Å². The summed E-state index contributed by atoms with van der Waals surface area (Å²) < 4.78 is 5.33. The Hall–Kier alpha value is -1.60. The van der Waals surface area contributed by atoms with Crippen LogP contribution in [0.15, 0.2) is 18.3 Å². The molecule has 0 aromatic carbocycles. The Balaban J connectivity index is 2.22. The maximum Gasteiger partial charge on any atom is 0.0995 e. The number of ether oxygens (including phenoxy) is 1. The lowest BCUT2D eigenvalue weighted by atomic mass is 9.72. The molecule has 2 N–H and O–H groups in total. The van der Waals surface area contributed by atoms with Crippen LogP contribution >= 0.6 is 0 Å². The summed E-state index contributed by atoms with van der Waals surface area (Å²) in [5.41, 5.74) is 6.63. The van der Waals surface area contributed by atoms with Crippen LogP contribution < -0.4 is 5.73 Å². The molecule has 0 aliphatic heterocycles. The lowest BCUT2D eigenvalue weighted by Crippen LogP contribution is -2.33. The lowest BCUT2D eigenvalue weighted by molar-refractivity contribution is 0.0568. The van der Waals surface area contributed by atoms with Crippen LogP contribution in [0.1, 0.15) is 31.4 Å². The number of hydrogen-bond donors (Lipinski definition) is 1. The summed E-state index contributed by atoms with van der Waals surface area (Å²) in [5, 5.41) is 9.46. The van der Waals surface area contributed by atoms with Crippen LogP contribution in [0.2, 0.25) is 0 Å². The van der Waals surface area contributed by atoms with Crippen molar-refractivity contribution in [1.29, 1.82) is 5.26 Å². The summed E-state index contributed by atoms with van der Waals surface area (Å²) >= 11 is 0. The fraction of sp³-hybridized carbons (Fsp3) is 0.538.